The number of aromatic nitrogens is 3. The van der Waals surface area contributed by atoms with E-state index in [-0.39, 0.29) is 11.7 Å². The number of carbonyl (C=O) groups excluding carboxylic acids is 2. The van der Waals surface area contributed by atoms with Crippen LogP contribution in [0, 0.1) is 0 Å². The minimum atomic E-state index is -0.401. The van der Waals surface area contributed by atoms with Gasteiger partial charge < -0.3 is 9.64 Å². The molecule has 1 aromatic heterocycles. The van der Waals surface area contributed by atoms with E-state index in [4.69, 9.17) is 4.74 Å². The summed E-state index contributed by atoms with van der Waals surface area (Å²) in [6, 6.07) is 8.66. The zero-order valence-electron chi connectivity index (χ0n) is 14.6. The van der Waals surface area contributed by atoms with Gasteiger partial charge in [0.15, 0.2) is 5.16 Å². The van der Waals surface area contributed by atoms with Crippen LogP contribution in [-0.4, -0.2) is 58.6 Å². The summed E-state index contributed by atoms with van der Waals surface area (Å²) in [6.07, 6.45) is 0. The van der Waals surface area contributed by atoms with Gasteiger partial charge in [0, 0.05) is 25.2 Å². The van der Waals surface area contributed by atoms with E-state index in [1.54, 1.807) is 24.3 Å². The van der Waals surface area contributed by atoms with Gasteiger partial charge in [-0.2, -0.15) is 0 Å². The highest BCUT2D eigenvalue weighted by atomic mass is 32.2. The largest absolute Gasteiger partial charge is 0.378 e. The quantitative estimate of drug-likeness (QED) is 0.759. The summed E-state index contributed by atoms with van der Waals surface area (Å²) in [7, 11) is 0. The van der Waals surface area contributed by atoms with Crippen molar-refractivity contribution in [2.24, 2.45) is 0 Å². The standard InChI is InChI=1S/C17H21N5O3S/c1-2-22-16(21-8-10-25-11-9-21)19-20-17(22)26-12-14(23)18-15(24)13-6-4-3-5-7-13/h3-7H,2,8-12H2,1H3,(H,18,23,24). The van der Waals surface area contributed by atoms with Crippen LogP contribution in [0.4, 0.5) is 5.95 Å². The van der Waals surface area contributed by atoms with Crippen LogP contribution in [0.1, 0.15) is 17.3 Å². The molecular formula is C17H21N5O3S. The lowest BCUT2D eigenvalue weighted by Crippen LogP contribution is -2.38. The van der Waals surface area contributed by atoms with Gasteiger partial charge in [0.25, 0.3) is 5.91 Å². The number of hydrogen-bond donors (Lipinski definition) is 1. The molecule has 1 fully saturated rings. The number of imide groups is 1. The summed E-state index contributed by atoms with van der Waals surface area (Å²) in [5, 5.41) is 11.5. The van der Waals surface area contributed by atoms with E-state index < -0.39 is 5.91 Å². The third kappa shape index (κ3) is 4.41. The molecular weight excluding hydrogens is 354 g/mol. The first-order chi connectivity index (χ1) is 12.7. The van der Waals surface area contributed by atoms with E-state index >= 15 is 0 Å². The zero-order chi connectivity index (χ0) is 18.4. The van der Waals surface area contributed by atoms with Crippen LogP contribution in [-0.2, 0) is 16.1 Å². The maximum Gasteiger partial charge on any atom is 0.257 e. The van der Waals surface area contributed by atoms with Crippen LogP contribution in [0.25, 0.3) is 0 Å². The molecule has 1 N–H and O–H groups in total. The molecule has 0 unspecified atom stereocenters. The molecule has 2 aromatic rings. The number of benzene rings is 1. The van der Waals surface area contributed by atoms with Crippen molar-refractivity contribution in [1.29, 1.82) is 0 Å². The lowest BCUT2D eigenvalue weighted by molar-refractivity contribution is -0.117. The molecule has 9 heteroatoms. The normalized spacial score (nSPS) is 14.3. The lowest BCUT2D eigenvalue weighted by Gasteiger charge is -2.27. The Morgan fingerprint density at radius 1 is 1.19 bits per heavy atom. The predicted molar refractivity (Wildman–Crippen MR) is 98.4 cm³/mol. The van der Waals surface area contributed by atoms with E-state index in [1.807, 2.05) is 17.6 Å². The molecule has 0 saturated carbocycles. The number of anilines is 1. The van der Waals surface area contributed by atoms with E-state index in [0.29, 0.717) is 30.5 Å². The van der Waals surface area contributed by atoms with Crippen molar-refractivity contribution in [2.45, 2.75) is 18.6 Å². The Morgan fingerprint density at radius 3 is 2.62 bits per heavy atom. The first-order valence-corrected chi connectivity index (χ1v) is 9.45. The number of thioether (sulfide) groups is 1. The van der Waals surface area contributed by atoms with Crippen LogP contribution in [0.3, 0.4) is 0 Å². The fraction of sp³-hybridized carbons (Fsp3) is 0.412. The third-order valence-electron chi connectivity index (χ3n) is 3.93. The van der Waals surface area contributed by atoms with Crippen molar-refractivity contribution in [1.82, 2.24) is 20.1 Å². The van der Waals surface area contributed by atoms with Crippen molar-refractivity contribution in [3.8, 4) is 0 Å². The van der Waals surface area contributed by atoms with Crippen LogP contribution < -0.4 is 10.2 Å². The molecule has 1 aliphatic heterocycles. The second-order valence-corrected chi connectivity index (χ2v) is 6.60. The van der Waals surface area contributed by atoms with Gasteiger partial charge in [-0.25, -0.2) is 0 Å². The van der Waals surface area contributed by atoms with Crippen molar-refractivity contribution in [3.05, 3.63) is 35.9 Å². The van der Waals surface area contributed by atoms with Gasteiger partial charge in [0.1, 0.15) is 0 Å². The molecule has 1 aliphatic rings. The smallest absolute Gasteiger partial charge is 0.257 e. The molecule has 0 radical (unpaired) electrons. The summed E-state index contributed by atoms with van der Waals surface area (Å²) in [5.41, 5.74) is 0.456. The number of amides is 2. The van der Waals surface area contributed by atoms with Crippen molar-refractivity contribution < 1.29 is 14.3 Å². The van der Waals surface area contributed by atoms with Crippen molar-refractivity contribution in [2.75, 3.05) is 37.0 Å². The first-order valence-electron chi connectivity index (χ1n) is 8.47. The Kier molecular flexibility index (Phi) is 6.24. The summed E-state index contributed by atoms with van der Waals surface area (Å²) < 4.78 is 7.34. The van der Waals surface area contributed by atoms with Gasteiger partial charge >= 0.3 is 0 Å². The number of ether oxygens (including phenoxy) is 1. The van der Waals surface area contributed by atoms with Crippen molar-refractivity contribution >= 4 is 29.5 Å². The van der Waals surface area contributed by atoms with Crippen molar-refractivity contribution in [3.63, 3.8) is 0 Å². The Labute approximate surface area is 155 Å². The lowest BCUT2D eigenvalue weighted by atomic mass is 10.2. The van der Waals surface area contributed by atoms with E-state index in [9.17, 15) is 9.59 Å². The highest BCUT2D eigenvalue weighted by molar-refractivity contribution is 7.99. The highest BCUT2D eigenvalue weighted by Crippen LogP contribution is 2.22. The molecule has 0 spiro atoms. The maximum absolute atomic E-state index is 12.1. The highest BCUT2D eigenvalue weighted by Gasteiger charge is 2.20. The number of nitrogens with zero attached hydrogens (tertiary/aromatic N) is 4. The summed E-state index contributed by atoms with van der Waals surface area (Å²) in [5.74, 6) is 0.128. The Bertz CT molecular complexity index is 759. The summed E-state index contributed by atoms with van der Waals surface area (Å²) >= 11 is 1.27. The van der Waals surface area contributed by atoms with Crippen LogP contribution in [0.15, 0.2) is 35.5 Å². The molecule has 138 valence electrons. The number of morpholine rings is 1. The SMILES string of the molecule is CCn1c(SCC(=O)NC(=O)c2ccccc2)nnc1N1CCOCC1. The number of rotatable bonds is 6. The van der Waals surface area contributed by atoms with Gasteiger partial charge in [0.2, 0.25) is 11.9 Å². The molecule has 3 rings (SSSR count). The number of carbonyl (C=O) groups is 2. The number of nitrogens with one attached hydrogen (secondary N) is 1. The second kappa shape index (κ2) is 8.81. The molecule has 1 aromatic carbocycles. The minimum Gasteiger partial charge on any atom is -0.378 e. The van der Waals surface area contributed by atoms with Gasteiger partial charge in [0.05, 0.1) is 19.0 Å². The average Bonchev–Trinajstić information content (AvgIpc) is 3.10. The van der Waals surface area contributed by atoms with Crippen LogP contribution >= 0.6 is 11.8 Å². The Balaban J connectivity index is 1.58. The second-order valence-electron chi connectivity index (χ2n) is 5.66. The molecule has 0 aliphatic carbocycles. The van der Waals surface area contributed by atoms with Crippen LogP contribution in [0.5, 0.6) is 0 Å². The van der Waals surface area contributed by atoms with Crippen LogP contribution in [0.2, 0.25) is 0 Å². The molecule has 2 amide bonds. The monoisotopic (exact) mass is 375 g/mol. The fourth-order valence-corrected chi connectivity index (χ4v) is 3.41. The van der Waals surface area contributed by atoms with E-state index in [1.165, 1.54) is 11.8 Å². The first kappa shape index (κ1) is 18.4. The maximum atomic E-state index is 12.1. The fourth-order valence-electron chi connectivity index (χ4n) is 2.62. The molecule has 1 saturated heterocycles. The molecule has 8 nitrogen and oxygen atoms in total. The van der Waals surface area contributed by atoms with Gasteiger partial charge in [-0.15, -0.1) is 10.2 Å². The van der Waals surface area contributed by atoms with E-state index in [0.717, 1.165) is 19.0 Å². The molecule has 26 heavy (non-hydrogen) atoms. The Morgan fingerprint density at radius 2 is 1.92 bits per heavy atom. The topological polar surface area (TPSA) is 89.3 Å². The minimum absolute atomic E-state index is 0.0970. The number of hydrogen-bond acceptors (Lipinski definition) is 7. The molecule has 2 heterocycles. The Hall–Kier alpha value is -2.39. The zero-order valence-corrected chi connectivity index (χ0v) is 15.4. The summed E-state index contributed by atoms with van der Waals surface area (Å²) in [4.78, 5) is 26.2. The van der Waals surface area contributed by atoms with Gasteiger partial charge in [-0.05, 0) is 19.1 Å². The van der Waals surface area contributed by atoms with E-state index in [2.05, 4.69) is 20.4 Å². The molecule has 0 atom stereocenters. The van der Waals surface area contributed by atoms with Gasteiger partial charge in [-0.3, -0.25) is 19.5 Å². The average molecular weight is 375 g/mol. The van der Waals surface area contributed by atoms with Gasteiger partial charge in [-0.1, -0.05) is 30.0 Å². The third-order valence-corrected chi connectivity index (χ3v) is 4.90. The summed E-state index contributed by atoms with van der Waals surface area (Å²) in [6.45, 7) is 5.60. The predicted octanol–water partition coefficient (Wildman–Crippen LogP) is 1.18. The molecule has 0 bridgehead atoms.